The maximum atomic E-state index is 4.85. The van der Waals surface area contributed by atoms with Crippen LogP contribution in [0.4, 0.5) is 11.6 Å². The number of hydrogen-bond acceptors (Lipinski definition) is 4. The second kappa shape index (κ2) is 6.92. The van der Waals surface area contributed by atoms with E-state index in [2.05, 4.69) is 42.3 Å². The molecule has 0 aliphatic heterocycles. The Balaban J connectivity index is 1.90. The molecule has 4 aromatic rings. The molecule has 0 amide bonds. The van der Waals surface area contributed by atoms with Crippen molar-refractivity contribution in [1.29, 1.82) is 0 Å². The lowest BCUT2D eigenvalue weighted by molar-refractivity contribution is 0.867. The quantitative estimate of drug-likeness (QED) is 0.528. The van der Waals surface area contributed by atoms with E-state index in [0.717, 1.165) is 33.9 Å². The Morgan fingerprint density at radius 2 is 1.58 bits per heavy atom. The van der Waals surface area contributed by atoms with Gasteiger partial charge in [-0.1, -0.05) is 56.3 Å². The molecule has 4 rings (SSSR count). The Labute approximate surface area is 153 Å². The largest absolute Gasteiger partial charge is 0.324 e. The Hall–Kier alpha value is -3.27. The molecule has 2 aromatic carbocycles. The zero-order valence-corrected chi connectivity index (χ0v) is 14.8. The van der Waals surface area contributed by atoms with Gasteiger partial charge in [0.1, 0.15) is 11.6 Å². The van der Waals surface area contributed by atoms with Crippen LogP contribution in [-0.2, 0) is 0 Å². The van der Waals surface area contributed by atoms with E-state index in [1.165, 1.54) is 5.56 Å². The first-order chi connectivity index (χ1) is 12.7. The number of fused-ring (bicyclic) bond motifs is 1. The molecule has 2 aromatic heterocycles. The van der Waals surface area contributed by atoms with Crippen molar-refractivity contribution in [2.24, 2.45) is 0 Å². The SMILES string of the molecule is CC(C)c1ccccc1-c1nc(Nc2ccccn2)c2ccccc2n1. The van der Waals surface area contributed by atoms with Crippen LogP contribution in [0.2, 0.25) is 0 Å². The lowest BCUT2D eigenvalue weighted by Gasteiger charge is -2.14. The number of anilines is 2. The van der Waals surface area contributed by atoms with Crippen molar-refractivity contribution < 1.29 is 0 Å². The zero-order chi connectivity index (χ0) is 17.9. The van der Waals surface area contributed by atoms with Crippen LogP contribution in [-0.4, -0.2) is 15.0 Å². The monoisotopic (exact) mass is 340 g/mol. The molecule has 26 heavy (non-hydrogen) atoms. The molecule has 0 aliphatic rings. The summed E-state index contributed by atoms with van der Waals surface area (Å²) in [5, 5.41) is 4.32. The summed E-state index contributed by atoms with van der Waals surface area (Å²) < 4.78 is 0. The molecule has 1 N–H and O–H groups in total. The van der Waals surface area contributed by atoms with Crippen LogP contribution >= 0.6 is 0 Å². The number of nitrogens with one attached hydrogen (secondary N) is 1. The summed E-state index contributed by atoms with van der Waals surface area (Å²) in [5.41, 5.74) is 3.22. The highest BCUT2D eigenvalue weighted by Gasteiger charge is 2.14. The zero-order valence-electron chi connectivity index (χ0n) is 14.8. The maximum absolute atomic E-state index is 4.85. The summed E-state index contributed by atoms with van der Waals surface area (Å²) in [6.07, 6.45) is 1.76. The number of hydrogen-bond donors (Lipinski definition) is 1. The number of aromatic nitrogens is 3. The summed E-state index contributed by atoms with van der Waals surface area (Å²) in [5.74, 6) is 2.65. The van der Waals surface area contributed by atoms with Gasteiger partial charge in [0, 0.05) is 17.1 Å². The van der Waals surface area contributed by atoms with Gasteiger partial charge in [0.05, 0.1) is 5.52 Å². The van der Waals surface area contributed by atoms with E-state index in [9.17, 15) is 0 Å². The molecule has 0 fully saturated rings. The van der Waals surface area contributed by atoms with Crippen molar-refractivity contribution in [2.45, 2.75) is 19.8 Å². The van der Waals surface area contributed by atoms with Gasteiger partial charge in [-0.05, 0) is 35.7 Å². The third-order valence-electron chi connectivity index (χ3n) is 4.34. The van der Waals surface area contributed by atoms with Crippen molar-refractivity contribution in [3.63, 3.8) is 0 Å². The van der Waals surface area contributed by atoms with Crippen LogP contribution in [0.25, 0.3) is 22.3 Å². The smallest absolute Gasteiger partial charge is 0.162 e. The van der Waals surface area contributed by atoms with Gasteiger partial charge < -0.3 is 5.32 Å². The molecule has 0 saturated carbocycles. The first kappa shape index (κ1) is 16.2. The van der Waals surface area contributed by atoms with E-state index in [1.807, 2.05) is 48.5 Å². The summed E-state index contributed by atoms with van der Waals surface area (Å²) in [4.78, 5) is 14.0. The van der Waals surface area contributed by atoms with Gasteiger partial charge in [-0.15, -0.1) is 0 Å². The van der Waals surface area contributed by atoms with Crippen molar-refractivity contribution in [3.05, 3.63) is 78.5 Å². The van der Waals surface area contributed by atoms with Gasteiger partial charge in [-0.25, -0.2) is 15.0 Å². The number of pyridine rings is 1. The Bertz CT molecular complexity index is 1040. The number of benzene rings is 2. The summed E-state index contributed by atoms with van der Waals surface area (Å²) >= 11 is 0. The van der Waals surface area contributed by atoms with E-state index in [1.54, 1.807) is 6.20 Å². The lowest BCUT2D eigenvalue weighted by atomic mass is 9.97. The minimum atomic E-state index is 0.397. The fourth-order valence-corrected chi connectivity index (χ4v) is 3.05. The fourth-order valence-electron chi connectivity index (χ4n) is 3.05. The van der Waals surface area contributed by atoms with Crippen LogP contribution in [0, 0.1) is 0 Å². The summed E-state index contributed by atoms with van der Waals surface area (Å²) in [6, 6.07) is 22.1. The van der Waals surface area contributed by atoms with E-state index < -0.39 is 0 Å². The molecule has 0 aliphatic carbocycles. The Kier molecular flexibility index (Phi) is 4.32. The van der Waals surface area contributed by atoms with Crippen LogP contribution < -0.4 is 5.32 Å². The molecule has 0 bridgehead atoms. The highest BCUT2D eigenvalue weighted by molar-refractivity contribution is 5.92. The molecular weight excluding hydrogens is 320 g/mol. The lowest BCUT2D eigenvalue weighted by Crippen LogP contribution is -2.02. The van der Waals surface area contributed by atoms with Crippen molar-refractivity contribution in [3.8, 4) is 11.4 Å². The van der Waals surface area contributed by atoms with Crippen LogP contribution in [0.3, 0.4) is 0 Å². The number of nitrogens with zero attached hydrogens (tertiary/aromatic N) is 3. The number of para-hydroxylation sites is 1. The van der Waals surface area contributed by atoms with Crippen LogP contribution in [0.1, 0.15) is 25.3 Å². The average molecular weight is 340 g/mol. The molecule has 4 heteroatoms. The van der Waals surface area contributed by atoms with Gasteiger partial charge in [-0.3, -0.25) is 0 Å². The molecule has 0 atom stereocenters. The third-order valence-corrected chi connectivity index (χ3v) is 4.34. The standard InChI is InChI=1S/C22H20N4/c1-15(2)16-9-3-4-10-17(16)21-24-19-12-6-5-11-18(19)22(26-21)25-20-13-7-8-14-23-20/h3-15H,1-2H3,(H,23,24,25,26). The minimum absolute atomic E-state index is 0.397. The summed E-state index contributed by atoms with van der Waals surface area (Å²) in [6.45, 7) is 4.37. The fraction of sp³-hybridized carbons (Fsp3) is 0.136. The molecule has 128 valence electrons. The second-order valence-electron chi connectivity index (χ2n) is 6.49. The van der Waals surface area contributed by atoms with Crippen LogP contribution in [0.5, 0.6) is 0 Å². The summed E-state index contributed by atoms with van der Waals surface area (Å²) in [7, 11) is 0. The molecular formula is C22H20N4. The normalized spacial score (nSPS) is 11.0. The average Bonchev–Trinajstić information content (AvgIpc) is 2.68. The van der Waals surface area contributed by atoms with E-state index in [-0.39, 0.29) is 0 Å². The molecule has 0 spiro atoms. The van der Waals surface area contributed by atoms with E-state index >= 15 is 0 Å². The predicted octanol–water partition coefficient (Wildman–Crippen LogP) is 5.56. The topological polar surface area (TPSA) is 50.7 Å². The van der Waals surface area contributed by atoms with Gasteiger partial charge in [0.2, 0.25) is 0 Å². The first-order valence-corrected chi connectivity index (χ1v) is 8.76. The van der Waals surface area contributed by atoms with Crippen molar-refractivity contribution in [2.75, 3.05) is 5.32 Å². The molecule has 0 radical (unpaired) electrons. The van der Waals surface area contributed by atoms with Gasteiger partial charge >= 0.3 is 0 Å². The predicted molar refractivity (Wildman–Crippen MR) is 107 cm³/mol. The van der Waals surface area contributed by atoms with Crippen molar-refractivity contribution in [1.82, 2.24) is 15.0 Å². The van der Waals surface area contributed by atoms with E-state index in [4.69, 9.17) is 9.97 Å². The van der Waals surface area contributed by atoms with E-state index in [0.29, 0.717) is 5.92 Å². The third kappa shape index (κ3) is 3.14. The van der Waals surface area contributed by atoms with Crippen LogP contribution in [0.15, 0.2) is 72.9 Å². The maximum Gasteiger partial charge on any atom is 0.162 e. The van der Waals surface area contributed by atoms with Gasteiger partial charge in [0.25, 0.3) is 0 Å². The van der Waals surface area contributed by atoms with Gasteiger partial charge in [0.15, 0.2) is 5.82 Å². The molecule has 4 nitrogen and oxygen atoms in total. The molecule has 0 saturated heterocycles. The number of rotatable bonds is 4. The molecule has 2 heterocycles. The van der Waals surface area contributed by atoms with Crippen molar-refractivity contribution >= 4 is 22.5 Å². The Morgan fingerprint density at radius 3 is 2.38 bits per heavy atom. The minimum Gasteiger partial charge on any atom is -0.324 e. The van der Waals surface area contributed by atoms with Gasteiger partial charge in [-0.2, -0.15) is 0 Å². The second-order valence-corrected chi connectivity index (χ2v) is 6.49. The highest BCUT2D eigenvalue weighted by Crippen LogP contribution is 2.31. The highest BCUT2D eigenvalue weighted by atomic mass is 15.1. The first-order valence-electron chi connectivity index (χ1n) is 8.76. The Morgan fingerprint density at radius 1 is 0.808 bits per heavy atom. The molecule has 0 unspecified atom stereocenters.